The molecule has 6 nitrogen and oxygen atoms in total. The fourth-order valence-electron chi connectivity index (χ4n) is 2.55. The van der Waals surface area contributed by atoms with Crippen LogP contribution in [0.3, 0.4) is 0 Å². The standard InChI is InChI=1S/C14H24ClNO5S/c1-5-6-11(13(18)21-14(2,3)4)16-8-10(7-12(16)17)9-22(15,19)20/h10-11H,5-9H2,1-4H3. The molecular weight excluding hydrogens is 330 g/mol. The Morgan fingerprint density at radius 2 is 2.05 bits per heavy atom. The lowest BCUT2D eigenvalue weighted by Crippen LogP contribution is -2.45. The molecule has 1 fully saturated rings. The van der Waals surface area contributed by atoms with Crippen LogP contribution in [-0.4, -0.2) is 49.1 Å². The fourth-order valence-corrected chi connectivity index (χ4v) is 3.87. The van der Waals surface area contributed by atoms with E-state index in [1.165, 1.54) is 4.90 Å². The van der Waals surface area contributed by atoms with E-state index in [4.69, 9.17) is 15.4 Å². The van der Waals surface area contributed by atoms with Gasteiger partial charge in [0.15, 0.2) is 0 Å². The minimum Gasteiger partial charge on any atom is -0.458 e. The Balaban J connectivity index is 2.83. The average molecular weight is 354 g/mol. The van der Waals surface area contributed by atoms with Crippen molar-refractivity contribution < 1.29 is 22.7 Å². The van der Waals surface area contributed by atoms with Gasteiger partial charge in [0.1, 0.15) is 11.6 Å². The third kappa shape index (κ3) is 6.12. The van der Waals surface area contributed by atoms with Crippen molar-refractivity contribution in [3.05, 3.63) is 0 Å². The first kappa shape index (κ1) is 19.2. The molecule has 1 saturated heterocycles. The topological polar surface area (TPSA) is 80.8 Å². The molecule has 0 N–H and O–H groups in total. The number of halogens is 1. The second-order valence-electron chi connectivity index (χ2n) is 6.66. The van der Waals surface area contributed by atoms with E-state index in [2.05, 4.69) is 0 Å². The summed E-state index contributed by atoms with van der Waals surface area (Å²) in [5.41, 5.74) is -0.634. The predicted molar refractivity (Wildman–Crippen MR) is 84.0 cm³/mol. The van der Waals surface area contributed by atoms with Crippen LogP contribution in [0.15, 0.2) is 0 Å². The van der Waals surface area contributed by atoms with Gasteiger partial charge < -0.3 is 9.64 Å². The Labute approximate surface area is 136 Å². The highest BCUT2D eigenvalue weighted by Gasteiger charge is 2.40. The van der Waals surface area contributed by atoms with Crippen LogP contribution in [-0.2, 0) is 23.4 Å². The van der Waals surface area contributed by atoms with E-state index in [9.17, 15) is 18.0 Å². The number of ether oxygens (including phenoxy) is 1. The number of carbonyl (C=O) groups is 2. The number of likely N-dealkylation sites (tertiary alicyclic amines) is 1. The molecular formula is C14H24ClNO5S. The predicted octanol–water partition coefficient (Wildman–Crippen LogP) is 1.91. The first-order chi connectivity index (χ1) is 9.93. The molecule has 0 aromatic heterocycles. The number of carbonyl (C=O) groups excluding carboxylic acids is 2. The zero-order chi connectivity index (χ0) is 17.1. The van der Waals surface area contributed by atoms with Gasteiger partial charge in [0.2, 0.25) is 15.0 Å². The highest BCUT2D eigenvalue weighted by Crippen LogP contribution is 2.26. The monoisotopic (exact) mass is 353 g/mol. The zero-order valence-corrected chi connectivity index (χ0v) is 15.0. The quantitative estimate of drug-likeness (QED) is 0.538. The average Bonchev–Trinajstić information content (AvgIpc) is 2.61. The summed E-state index contributed by atoms with van der Waals surface area (Å²) in [6.07, 6.45) is 1.29. The summed E-state index contributed by atoms with van der Waals surface area (Å²) in [7, 11) is 1.59. The maximum Gasteiger partial charge on any atom is 0.329 e. The highest BCUT2D eigenvalue weighted by atomic mass is 35.7. The Hall–Kier alpha value is -0.820. The molecule has 0 saturated carbocycles. The van der Waals surface area contributed by atoms with Gasteiger partial charge in [-0.15, -0.1) is 0 Å². The molecule has 2 atom stereocenters. The molecule has 1 rings (SSSR count). The number of nitrogens with zero attached hydrogens (tertiary/aromatic N) is 1. The van der Waals surface area contributed by atoms with E-state index in [1.807, 2.05) is 6.92 Å². The Kier molecular flexibility index (Phi) is 6.27. The summed E-state index contributed by atoms with van der Waals surface area (Å²) in [6.45, 7) is 7.43. The van der Waals surface area contributed by atoms with Crippen LogP contribution >= 0.6 is 10.7 Å². The lowest BCUT2D eigenvalue weighted by molar-refractivity contribution is -0.164. The van der Waals surface area contributed by atoms with Crippen molar-refractivity contribution in [1.29, 1.82) is 0 Å². The number of hydrogen-bond acceptors (Lipinski definition) is 5. The molecule has 128 valence electrons. The molecule has 8 heteroatoms. The number of rotatable bonds is 6. The summed E-state index contributed by atoms with van der Waals surface area (Å²) in [5, 5.41) is 0. The largest absolute Gasteiger partial charge is 0.458 e. The molecule has 1 amide bonds. The summed E-state index contributed by atoms with van der Waals surface area (Å²) >= 11 is 0. The summed E-state index contributed by atoms with van der Waals surface area (Å²) in [6, 6.07) is -0.667. The van der Waals surface area contributed by atoms with E-state index in [-0.39, 0.29) is 30.5 Å². The first-order valence-electron chi connectivity index (χ1n) is 7.37. The van der Waals surface area contributed by atoms with E-state index in [0.29, 0.717) is 12.8 Å². The minimum absolute atomic E-state index is 0.0922. The third-order valence-electron chi connectivity index (χ3n) is 3.29. The fraction of sp³-hybridized carbons (Fsp3) is 0.857. The first-order valence-corrected chi connectivity index (χ1v) is 9.85. The molecule has 1 aliphatic rings. The van der Waals surface area contributed by atoms with Crippen molar-refractivity contribution in [2.75, 3.05) is 12.3 Å². The lowest BCUT2D eigenvalue weighted by atomic mass is 10.1. The molecule has 0 bridgehead atoms. The van der Waals surface area contributed by atoms with Gasteiger partial charge in [0.25, 0.3) is 0 Å². The van der Waals surface area contributed by atoms with Crippen LogP contribution in [0.4, 0.5) is 0 Å². The van der Waals surface area contributed by atoms with Gasteiger partial charge in [-0.3, -0.25) is 4.79 Å². The van der Waals surface area contributed by atoms with Gasteiger partial charge in [-0.25, -0.2) is 13.2 Å². The van der Waals surface area contributed by atoms with Gasteiger partial charge in [-0.2, -0.15) is 0 Å². The van der Waals surface area contributed by atoms with Crippen LogP contribution in [0.1, 0.15) is 47.0 Å². The molecule has 1 heterocycles. The van der Waals surface area contributed by atoms with Crippen molar-refractivity contribution in [1.82, 2.24) is 4.90 Å². The van der Waals surface area contributed by atoms with Crippen LogP contribution in [0.25, 0.3) is 0 Å². The highest BCUT2D eigenvalue weighted by molar-refractivity contribution is 8.13. The molecule has 0 aliphatic carbocycles. The van der Waals surface area contributed by atoms with Gasteiger partial charge in [-0.1, -0.05) is 13.3 Å². The number of hydrogen-bond donors (Lipinski definition) is 0. The minimum atomic E-state index is -3.66. The summed E-state index contributed by atoms with van der Waals surface area (Å²) in [5.74, 6) is -1.31. The second-order valence-corrected chi connectivity index (χ2v) is 9.48. The van der Waals surface area contributed by atoms with Gasteiger partial charge in [0, 0.05) is 29.6 Å². The third-order valence-corrected chi connectivity index (χ3v) is 4.54. The van der Waals surface area contributed by atoms with Crippen LogP contribution in [0, 0.1) is 5.92 Å². The maximum absolute atomic E-state index is 12.3. The smallest absolute Gasteiger partial charge is 0.329 e. The second kappa shape index (κ2) is 7.17. The Morgan fingerprint density at radius 1 is 1.45 bits per heavy atom. The van der Waals surface area contributed by atoms with Crippen molar-refractivity contribution in [3.8, 4) is 0 Å². The maximum atomic E-state index is 12.3. The van der Waals surface area contributed by atoms with Crippen molar-refractivity contribution >= 4 is 31.6 Å². The Morgan fingerprint density at radius 3 is 2.50 bits per heavy atom. The molecule has 0 radical (unpaired) electrons. The molecule has 0 spiro atoms. The number of esters is 1. The van der Waals surface area contributed by atoms with Crippen molar-refractivity contribution in [2.45, 2.75) is 58.6 Å². The molecule has 1 aliphatic heterocycles. The van der Waals surface area contributed by atoms with Gasteiger partial charge in [0.05, 0.1) is 5.75 Å². The van der Waals surface area contributed by atoms with E-state index < -0.39 is 26.7 Å². The Bertz CT molecular complexity index is 526. The van der Waals surface area contributed by atoms with Crippen LogP contribution in [0.5, 0.6) is 0 Å². The SMILES string of the molecule is CCCC(C(=O)OC(C)(C)C)N1CC(CS(=O)(=O)Cl)CC1=O. The van der Waals surface area contributed by atoms with Gasteiger partial charge in [-0.05, 0) is 27.2 Å². The zero-order valence-electron chi connectivity index (χ0n) is 13.5. The summed E-state index contributed by atoms with van der Waals surface area (Å²) < 4.78 is 27.7. The van der Waals surface area contributed by atoms with Crippen LogP contribution in [0.2, 0.25) is 0 Å². The van der Waals surface area contributed by atoms with E-state index in [1.54, 1.807) is 20.8 Å². The van der Waals surface area contributed by atoms with E-state index in [0.717, 1.165) is 0 Å². The normalized spacial score (nSPS) is 21.0. The molecule has 2 unspecified atom stereocenters. The van der Waals surface area contributed by atoms with Crippen molar-refractivity contribution in [2.24, 2.45) is 5.92 Å². The summed E-state index contributed by atoms with van der Waals surface area (Å²) in [4.78, 5) is 25.9. The molecule has 22 heavy (non-hydrogen) atoms. The van der Waals surface area contributed by atoms with Crippen molar-refractivity contribution in [3.63, 3.8) is 0 Å². The molecule has 0 aromatic rings. The van der Waals surface area contributed by atoms with E-state index >= 15 is 0 Å². The number of amides is 1. The van der Waals surface area contributed by atoms with Gasteiger partial charge >= 0.3 is 5.97 Å². The molecule has 0 aromatic carbocycles. The van der Waals surface area contributed by atoms with Crippen LogP contribution < -0.4 is 0 Å². The lowest BCUT2D eigenvalue weighted by Gasteiger charge is -2.29.